The molecule has 68 valence electrons. The Morgan fingerprint density at radius 2 is 2.38 bits per heavy atom. The molecule has 2 aromatic heterocycles. The van der Waals surface area contributed by atoms with Crippen LogP contribution >= 0.6 is 0 Å². The zero-order chi connectivity index (χ0) is 9.26. The van der Waals surface area contributed by atoms with Crippen molar-refractivity contribution >= 4 is 5.65 Å². The Morgan fingerprint density at radius 1 is 1.54 bits per heavy atom. The minimum atomic E-state index is -0.669. The molecular weight excluding hydrogens is 168 g/mol. The fourth-order valence-electron chi connectivity index (χ4n) is 1.23. The molecule has 13 heavy (non-hydrogen) atoms. The van der Waals surface area contributed by atoms with Crippen LogP contribution in [0.2, 0.25) is 0 Å². The van der Waals surface area contributed by atoms with Gasteiger partial charge < -0.3 is 10.8 Å². The Kier molecular flexibility index (Phi) is 1.96. The Morgan fingerprint density at radius 3 is 3.15 bits per heavy atom. The Labute approximate surface area is 74.9 Å². The van der Waals surface area contributed by atoms with Gasteiger partial charge in [0, 0.05) is 18.9 Å². The summed E-state index contributed by atoms with van der Waals surface area (Å²) < 4.78 is 1.77. The second kappa shape index (κ2) is 3.12. The van der Waals surface area contributed by atoms with Crippen LogP contribution in [-0.2, 0) is 0 Å². The van der Waals surface area contributed by atoms with E-state index >= 15 is 0 Å². The van der Waals surface area contributed by atoms with Gasteiger partial charge in [-0.25, -0.2) is 4.98 Å². The van der Waals surface area contributed by atoms with Crippen LogP contribution in [0.15, 0.2) is 24.8 Å². The maximum Gasteiger partial charge on any atom is 0.155 e. The largest absolute Gasteiger partial charge is 0.385 e. The van der Waals surface area contributed by atoms with E-state index in [0.717, 1.165) is 0 Å². The van der Waals surface area contributed by atoms with Crippen molar-refractivity contribution in [2.24, 2.45) is 5.73 Å². The molecule has 1 atom stereocenters. The van der Waals surface area contributed by atoms with Crippen LogP contribution in [0.3, 0.4) is 0 Å². The molecule has 2 heterocycles. The van der Waals surface area contributed by atoms with Gasteiger partial charge in [-0.1, -0.05) is 0 Å². The van der Waals surface area contributed by atoms with Crippen molar-refractivity contribution in [1.29, 1.82) is 0 Å². The molecule has 0 aromatic carbocycles. The van der Waals surface area contributed by atoms with Crippen molar-refractivity contribution in [2.45, 2.75) is 6.10 Å². The third-order valence-corrected chi connectivity index (χ3v) is 1.91. The quantitative estimate of drug-likeness (QED) is 0.663. The average molecular weight is 178 g/mol. The van der Waals surface area contributed by atoms with E-state index in [1.165, 1.54) is 0 Å². The number of aliphatic hydroxyl groups is 1. The Balaban J connectivity index is 2.57. The Bertz CT molecular complexity index is 411. The topological polar surface area (TPSA) is 76.4 Å². The van der Waals surface area contributed by atoms with Crippen LogP contribution in [0.25, 0.3) is 5.65 Å². The molecule has 0 aliphatic rings. The maximum atomic E-state index is 9.51. The molecule has 0 unspecified atom stereocenters. The van der Waals surface area contributed by atoms with Gasteiger partial charge in [-0.15, -0.1) is 0 Å². The molecular formula is C8H10N4O. The molecule has 0 saturated carbocycles. The smallest absolute Gasteiger partial charge is 0.155 e. The number of nitrogens with zero attached hydrogens (tertiary/aromatic N) is 3. The first-order chi connectivity index (χ1) is 6.33. The lowest BCUT2D eigenvalue weighted by atomic mass is 10.3. The van der Waals surface area contributed by atoms with E-state index in [9.17, 15) is 5.11 Å². The number of fused-ring (bicyclic) bond motifs is 1. The normalized spacial score (nSPS) is 13.4. The zero-order valence-corrected chi connectivity index (χ0v) is 6.96. The van der Waals surface area contributed by atoms with Gasteiger partial charge in [0.1, 0.15) is 6.10 Å². The predicted octanol–water partition coefficient (Wildman–Crippen LogP) is -0.279. The monoisotopic (exact) mass is 178 g/mol. The summed E-state index contributed by atoms with van der Waals surface area (Å²) in [6.07, 6.45) is 5.96. The van der Waals surface area contributed by atoms with E-state index in [0.29, 0.717) is 11.3 Å². The van der Waals surface area contributed by atoms with Crippen molar-refractivity contribution in [3.05, 3.63) is 30.5 Å². The van der Waals surface area contributed by atoms with Gasteiger partial charge in [-0.2, -0.15) is 0 Å². The van der Waals surface area contributed by atoms with Crippen LogP contribution in [-0.4, -0.2) is 26.0 Å². The summed E-state index contributed by atoms with van der Waals surface area (Å²) in [5, 5.41) is 9.51. The fourth-order valence-corrected chi connectivity index (χ4v) is 1.23. The average Bonchev–Trinajstić information content (AvgIpc) is 2.60. The van der Waals surface area contributed by atoms with Crippen LogP contribution in [0.4, 0.5) is 0 Å². The zero-order valence-electron chi connectivity index (χ0n) is 6.96. The predicted molar refractivity (Wildman–Crippen MR) is 47.0 cm³/mol. The number of aromatic nitrogens is 3. The highest BCUT2D eigenvalue weighted by atomic mass is 16.3. The summed E-state index contributed by atoms with van der Waals surface area (Å²) in [5.74, 6) is 0. The minimum Gasteiger partial charge on any atom is -0.385 e. The molecule has 0 aliphatic heterocycles. The van der Waals surface area contributed by atoms with Gasteiger partial charge in [0.15, 0.2) is 5.65 Å². The summed E-state index contributed by atoms with van der Waals surface area (Å²) in [4.78, 5) is 7.99. The molecule has 0 spiro atoms. The molecule has 0 radical (unpaired) electrons. The lowest BCUT2D eigenvalue weighted by Crippen LogP contribution is -2.13. The molecule has 0 amide bonds. The first-order valence-corrected chi connectivity index (χ1v) is 3.98. The van der Waals surface area contributed by atoms with Gasteiger partial charge in [0.05, 0.1) is 18.1 Å². The van der Waals surface area contributed by atoms with E-state index < -0.39 is 6.10 Å². The molecule has 0 saturated heterocycles. The van der Waals surface area contributed by atoms with Crippen LogP contribution in [0.5, 0.6) is 0 Å². The van der Waals surface area contributed by atoms with Crippen molar-refractivity contribution in [3.8, 4) is 0 Å². The molecule has 3 N–H and O–H groups in total. The van der Waals surface area contributed by atoms with Crippen molar-refractivity contribution in [2.75, 3.05) is 6.54 Å². The molecule has 2 aromatic rings. The molecule has 0 bridgehead atoms. The van der Waals surface area contributed by atoms with Gasteiger partial charge in [0.25, 0.3) is 0 Å². The number of aliphatic hydroxyl groups excluding tert-OH is 1. The summed E-state index contributed by atoms with van der Waals surface area (Å²) >= 11 is 0. The van der Waals surface area contributed by atoms with E-state index in [4.69, 9.17) is 5.73 Å². The number of imidazole rings is 1. The van der Waals surface area contributed by atoms with Crippen molar-refractivity contribution in [3.63, 3.8) is 0 Å². The van der Waals surface area contributed by atoms with Gasteiger partial charge >= 0.3 is 0 Å². The van der Waals surface area contributed by atoms with E-state index in [2.05, 4.69) is 9.97 Å². The molecule has 0 fully saturated rings. The molecule has 2 rings (SSSR count). The molecule has 5 heteroatoms. The van der Waals surface area contributed by atoms with E-state index in [-0.39, 0.29) is 6.54 Å². The molecule has 5 nitrogen and oxygen atoms in total. The Hall–Kier alpha value is -1.46. The number of nitrogens with two attached hydrogens (primary N) is 1. The second-order valence-electron chi connectivity index (χ2n) is 2.74. The van der Waals surface area contributed by atoms with Crippen molar-refractivity contribution in [1.82, 2.24) is 14.4 Å². The van der Waals surface area contributed by atoms with Gasteiger partial charge in [-0.05, 0) is 0 Å². The summed E-state index contributed by atoms with van der Waals surface area (Å²) in [5.41, 5.74) is 6.75. The van der Waals surface area contributed by atoms with E-state index in [1.807, 2.05) is 0 Å². The minimum absolute atomic E-state index is 0.191. The molecule has 0 aliphatic carbocycles. The van der Waals surface area contributed by atoms with Crippen molar-refractivity contribution < 1.29 is 5.11 Å². The lowest BCUT2D eigenvalue weighted by Gasteiger charge is -2.05. The van der Waals surface area contributed by atoms with Crippen LogP contribution in [0, 0.1) is 0 Å². The highest BCUT2D eigenvalue weighted by molar-refractivity contribution is 5.37. The summed E-state index contributed by atoms with van der Waals surface area (Å²) in [6, 6.07) is 0. The number of hydrogen-bond acceptors (Lipinski definition) is 4. The number of rotatable bonds is 2. The third-order valence-electron chi connectivity index (χ3n) is 1.91. The fraction of sp³-hybridized carbons (Fsp3) is 0.250. The van der Waals surface area contributed by atoms with Crippen LogP contribution < -0.4 is 5.73 Å². The van der Waals surface area contributed by atoms with Gasteiger partial charge in [0.2, 0.25) is 0 Å². The lowest BCUT2D eigenvalue weighted by molar-refractivity contribution is 0.181. The SMILES string of the molecule is NC[C@@H](O)c1cnc2cnccn12. The van der Waals surface area contributed by atoms with Crippen LogP contribution in [0.1, 0.15) is 11.8 Å². The van der Waals surface area contributed by atoms with Gasteiger partial charge in [-0.3, -0.25) is 9.38 Å². The first kappa shape index (κ1) is 8.15. The maximum absolute atomic E-state index is 9.51. The van der Waals surface area contributed by atoms with E-state index in [1.54, 1.807) is 29.2 Å². The highest BCUT2D eigenvalue weighted by Gasteiger charge is 2.10. The highest BCUT2D eigenvalue weighted by Crippen LogP contribution is 2.12. The summed E-state index contributed by atoms with van der Waals surface area (Å²) in [6.45, 7) is 0.191. The first-order valence-electron chi connectivity index (χ1n) is 3.98. The third kappa shape index (κ3) is 1.28. The summed E-state index contributed by atoms with van der Waals surface area (Å²) in [7, 11) is 0. The standard InChI is InChI=1S/C8H10N4O/c9-3-7(13)6-4-11-8-5-10-1-2-12(6)8/h1-2,4-5,7,13H,3,9H2/t7-/m1/s1. The second-order valence-corrected chi connectivity index (χ2v) is 2.74. The number of hydrogen-bond donors (Lipinski definition) is 2.